The number of nitrogens with zero attached hydrogens (tertiary/aromatic N) is 1. The van der Waals surface area contributed by atoms with Crippen LogP contribution >= 0.6 is 0 Å². The monoisotopic (exact) mass is 325 g/mol. The Morgan fingerprint density at radius 2 is 1.75 bits per heavy atom. The number of ether oxygens (including phenoxy) is 1. The second kappa shape index (κ2) is 7.17. The lowest BCUT2D eigenvalue weighted by atomic mass is 9.87. The van der Waals surface area contributed by atoms with Crippen molar-refractivity contribution in [3.8, 4) is 5.75 Å². The van der Waals surface area contributed by atoms with Gasteiger partial charge in [-0.15, -0.1) is 0 Å². The predicted octanol–water partition coefficient (Wildman–Crippen LogP) is 3.40. The Labute approximate surface area is 142 Å². The smallest absolute Gasteiger partial charge is 0.343 e. The van der Waals surface area contributed by atoms with E-state index in [1.807, 2.05) is 12.1 Å². The maximum atomic E-state index is 12.3. The zero-order valence-electron chi connectivity index (χ0n) is 14.2. The number of hydrogen-bond donors (Lipinski definition) is 2. The van der Waals surface area contributed by atoms with Crippen molar-refractivity contribution >= 4 is 17.6 Å². The first-order chi connectivity index (χ1) is 11.2. The van der Waals surface area contributed by atoms with Gasteiger partial charge in [0.25, 0.3) is 0 Å². The van der Waals surface area contributed by atoms with E-state index in [-0.39, 0.29) is 17.3 Å². The van der Waals surface area contributed by atoms with Crippen molar-refractivity contribution in [2.45, 2.75) is 27.2 Å². The summed E-state index contributed by atoms with van der Waals surface area (Å²) in [6.45, 7) is 6.34. The van der Waals surface area contributed by atoms with Crippen LogP contribution < -0.4 is 16.2 Å². The normalized spacial score (nSPS) is 11.0. The minimum absolute atomic E-state index is 0.00858. The van der Waals surface area contributed by atoms with E-state index in [0.717, 1.165) is 12.0 Å². The molecule has 0 bridgehead atoms. The third-order valence-corrected chi connectivity index (χ3v) is 3.24. The Morgan fingerprint density at radius 3 is 2.33 bits per heavy atom. The number of guanidine groups is 1. The van der Waals surface area contributed by atoms with Crippen LogP contribution in [0, 0.1) is 5.41 Å². The highest BCUT2D eigenvalue weighted by molar-refractivity contribution is 5.91. The topological polar surface area (TPSA) is 90.7 Å². The average Bonchev–Trinajstić information content (AvgIpc) is 2.48. The predicted molar refractivity (Wildman–Crippen MR) is 96.5 cm³/mol. The number of rotatable bonds is 4. The van der Waals surface area contributed by atoms with Gasteiger partial charge in [0.05, 0.1) is 11.3 Å². The van der Waals surface area contributed by atoms with Gasteiger partial charge in [0.15, 0.2) is 5.96 Å². The van der Waals surface area contributed by atoms with Crippen LogP contribution in [0.3, 0.4) is 0 Å². The van der Waals surface area contributed by atoms with Crippen LogP contribution in [0.15, 0.2) is 53.5 Å². The first-order valence-corrected chi connectivity index (χ1v) is 7.74. The Hall–Kier alpha value is -2.82. The van der Waals surface area contributed by atoms with Crippen molar-refractivity contribution in [2.75, 3.05) is 0 Å². The number of benzene rings is 2. The van der Waals surface area contributed by atoms with Gasteiger partial charge in [0, 0.05) is 0 Å². The van der Waals surface area contributed by atoms with Crippen LogP contribution in [0.2, 0.25) is 0 Å². The molecule has 5 nitrogen and oxygen atoms in total. The van der Waals surface area contributed by atoms with Crippen LogP contribution in [-0.4, -0.2) is 11.9 Å². The summed E-state index contributed by atoms with van der Waals surface area (Å²) in [5.74, 6) is 0.124. The van der Waals surface area contributed by atoms with E-state index in [1.54, 1.807) is 36.4 Å². The lowest BCUT2D eigenvalue weighted by molar-refractivity contribution is 0.0732. The van der Waals surface area contributed by atoms with Gasteiger partial charge in [-0.2, -0.15) is 0 Å². The summed E-state index contributed by atoms with van der Waals surface area (Å²) in [6.07, 6.45) is 0.720. The van der Waals surface area contributed by atoms with E-state index in [4.69, 9.17) is 16.2 Å². The van der Waals surface area contributed by atoms with E-state index < -0.39 is 0 Å². The van der Waals surface area contributed by atoms with Crippen molar-refractivity contribution in [3.63, 3.8) is 0 Å². The molecule has 0 fully saturated rings. The molecule has 0 aromatic heterocycles. The molecule has 0 atom stereocenters. The van der Waals surface area contributed by atoms with Crippen molar-refractivity contribution in [1.29, 1.82) is 0 Å². The Bertz CT molecular complexity index is 743. The summed E-state index contributed by atoms with van der Waals surface area (Å²) in [6, 6.07) is 14.2. The molecule has 126 valence electrons. The molecular weight excluding hydrogens is 302 g/mol. The number of carbonyl (C=O) groups is 1. The number of esters is 1. The molecule has 0 spiro atoms. The van der Waals surface area contributed by atoms with E-state index in [2.05, 4.69) is 25.8 Å². The van der Waals surface area contributed by atoms with Gasteiger partial charge in [0.1, 0.15) is 5.75 Å². The first-order valence-electron chi connectivity index (χ1n) is 7.74. The van der Waals surface area contributed by atoms with Gasteiger partial charge in [-0.3, -0.25) is 0 Å². The van der Waals surface area contributed by atoms with Crippen LogP contribution in [-0.2, 0) is 6.42 Å². The summed E-state index contributed by atoms with van der Waals surface area (Å²) >= 11 is 0. The first kappa shape index (κ1) is 17.5. The molecule has 0 saturated carbocycles. The van der Waals surface area contributed by atoms with Gasteiger partial charge in [0.2, 0.25) is 0 Å². The Kier molecular flexibility index (Phi) is 5.24. The lowest BCUT2D eigenvalue weighted by Crippen LogP contribution is -2.22. The maximum absolute atomic E-state index is 12.3. The van der Waals surface area contributed by atoms with Crippen molar-refractivity contribution in [2.24, 2.45) is 21.9 Å². The summed E-state index contributed by atoms with van der Waals surface area (Å²) in [5.41, 5.74) is 12.9. The SMILES string of the molecule is CC(C)(C)Cc1cc(N=C(N)N)ccc1OC(=O)c1ccccc1. The second-order valence-corrected chi connectivity index (χ2v) is 6.82. The minimum Gasteiger partial charge on any atom is -0.423 e. The number of carbonyl (C=O) groups excluding carboxylic acids is 1. The third-order valence-electron chi connectivity index (χ3n) is 3.24. The maximum Gasteiger partial charge on any atom is 0.343 e. The van der Waals surface area contributed by atoms with Gasteiger partial charge in [-0.25, -0.2) is 9.79 Å². The molecule has 0 aliphatic heterocycles. The Morgan fingerprint density at radius 1 is 1.08 bits per heavy atom. The molecule has 0 aliphatic carbocycles. The molecule has 2 aromatic carbocycles. The summed E-state index contributed by atoms with van der Waals surface area (Å²) < 4.78 is 5.59. The number of hydrogen-bond acceptors (Lipinski definition) is 3. The molecule has 2 rings (SSSR count). The fourth-order valence-corrected chi connectivity index (χ4v) is 2.33. The van der Waals surface area contributed by atoms with Crippen LogP contribution in [0.25, 0.3) is 0 Å². The lowest BCUT2D eigenvalue weighted by Gasteiger charge is -2.20. The standard InChI is InChI=1S/C19H23N3O2/c1-19(2,3)12-14-11-15(22-18(20)21)9-10-16(14)24-17(23)13-7-5-4-6-8-13/h4-11H,12H2,1-3H3,(H4,20,21,22). The van der Waals surface area contributed by atoms with Crippen LogP contribution in [0.5, 0.6) is 5.75 Å². The van der Waals surface area contributed by atoms with Crippen molar-refractivity contribution in [1.82, 2.24) is 0 Å². The third kappa shape index (κ3) is 5.12. The summed E-state index contributed by atoms with van der Waals surface area (Å²) in [4.78, 5) is 16.4. The highest BCUT2D eigenvalue weighted by Crippen LogP contribution is 2.31. The molecular formula is C19H23N3O2. The van der Waals surface area contributed by atoms with E-state index >= 15 is 0 Å². The van der Waals surface area contributed by atoms with Gasteiger partial charge < -0.3 is 16.2 Å². The van der Waals surface area contributed by atoms with Gasteiger partial charge in [-0.1, -0.05) is 39.0 Å². The number of aliphatic imine (C=N–C) groups is 1. The average molecular weight is 325 g/mol. The molecule has 0 aliphatic rings. The van der Waals surface area contributed by atoms with E-state index in [1.165, 1.54) is 0 Å². The Balaban J connectivity index is 2.34. The highest BCUT2D eigenvalue weighted by atomic mass is 16.5. The van der Waals surface area contributed by atoms with E-state index in [0.29, 0.717) is 17.0 Å². The molecule has 24 heavy (non-hydrogen) atoms. The molecule has 0 radical (unpaired) electrons. The number of nitrogens with two attached hydrogens (primary N) is 2. The molecule has 0 amide bonds. The van der Waals surface area contributed by atoms with E-state index in [9.17, 15) is 4.79 Å². The molecule has 0 saturated heterocycles. The van der Waals surface area contributed by atoms with Crippen LogP contribution in [0.4, 0.5) is 5.69 Å². The quantitative estimate of drug-likeness (QED) is 0.390. The fraction of sp³-hybridized carbons (Fsp3) is 0.263. The molecule has 0 unspecified atom stereocenters. The minimum atomic E-state index is -0.389. The molecule has 4 N–H and O–H groups in total. The van der Waals surface area contributed by atoms with Crippen molar-refractivity contribution in [3.05, 3.63) is 59.7 Å². The van der Waals surface area contributed by atoms with Crippen molar-refractivity contribution < 1.29 is 9.53 Å². The molecule has 0 heterocycles. The highest BCUT2D eigenvalue weighted by Gasteiger charge is 2.18. The zero-order valence-corrected chi connectivity index (χ0v) is 14.2. The molecule has 5 heteroatoms. The summed E-state index contributed by atoms with van der Waals surface area (Å²) in [5, 5.41) is 0. The second-order valence-electron chi connectivity index (χ2n) is 6.82. The summed E-state index contributed by atoms with van der Waals surface area (Å²) in [7, 11) is 0. The zero-order chi connectivity index (χ0) is 17.7. The largest absolute Gasteiger partial charge is 0.423 e. The molecule has 2 aromatic rings. The van der Waals surface area contributed by atoms with Gasteiger partial charge in [-0.05, 0) is 47.7 Å². The van der Waals surface area contributed by atoms with Crippen LogP contribution in [0.1, 0.15) is 36.7 Å². The van der Waals surface area contributed by atoms with Gasteiger partial charge >= 0.3 is 5.97 Å². The fourth-order valence-electron chi connectivity index (χ4n) is 2.33.